The Bertz CT molecular complexity index is 484. The van der Waals surface area contributed by atoms with Crippen LogP contribution in [0.25, 0.3) is 0 Å². The minimum Gasteiger partial charge on any atom is -0.329 e. The molecule has 3 heteroatoms. The highest BCUT2D eigenvalue weighted by atomic mass is 19.1. The molecule has 0 aromatic heterocycles. The maximum Gasteiger partial charge on any atom is 0.128 e. The highest BCUT2D eigenvalue weighted by molar-refractivity contribution is 5.27. The van der Waals surface area contributed by atoms with Gasteiger partial charge in [-0.25, -0.2) is 4.39 Å². The van der Waals surface area contributed by atoms with Crippen molar-refractivity contribution in [2.24, 2.45) is 11.1 Å². The zero-order chi connectivity index (χ0) is 14.9. The van der Waals surface area contributed by atoms with E-state index >= 15 is 0 Å². The Morgan fingerprint density at radius 3 is 2.48 bits per heavy atom. The number of nitrogens with two attached hydrogens (primary N) is 1. The fourth-order valence-corrected chi connectivity index (χ4v) is 4.33. The van der Waals surface area contributed by atoms with E-state index in [1.165, 1.54) is 38.5 Å². The molecule has 116 valence electrons. The standard InChI is InChI=1S/C18H27FN2/c1-14-4-5-16(19)15(12-14)17(13-20)21-10-8-18(9-11-21)6-2-3-7-18/h4-5,12,17H,2-3,6-11,13,20H2,1H3. The van der Waals surface area contributed by atoms with Gasteiger partial charge in [-0.15, -0.1) is 0 Å². The molecule has 1 aromatic carbocycles. The maximum absolute atomic E-state index is 14.2. The van der Waals surface area contributed by atoms with E-state index in [1.54, 1.807) is 6.07 Å². The van der Waals surface area contributed by atoms with Crippen LogP contribution in [0.2, 0.25) is 0 Å². The van der Waals surface area contributed by atoms with Crippen molar-refractivity contribution in [1.29, 1.82) is 0 Å². The molecular formula is C18H27FN2. The first kappa shape index (κ1) is 15.0. The quantitative estimate of drug-likeness (QED) is 0.917. The molecule has 2 fully saturated rings. The van der Waals surface area contributed by atoms with E-state index < -0.39 is 0 Å². The van der Waals surface area contributed by atoms with Crippen molar-refractivity contribution in [3.8, 4) is 0 Å². The molecular weight excluding hydrogens is 263 g/mol. The molecule has 0 bridgehead atoms. The number of hydrogen-bond donors (Lipinski definition) is 1. The summed E-state index contributed by atoms with van der Waals surface area (Å²) in [6.07, 6.45) is 8.10. The summed E-state index contributed by atoms with van der Waals surface area (Å²) in [5.41, 5.74) is 8.47. The van der Waals surface area contributed by atoms with Crippen LogP contribution in [0.1, 0.15) is 55.7 Å². The van der Waals surface area contributed by atoms with E-state index in [2.05, 4.69) is 4.90 Å². The zero-order valence-corrected chi connectivity index (χ0v) is 13.1. The van der Waals surface area contributed by atoms with Crippen molar-refractivity contribution in [3.05, 3.63) is 35.1 Å². The lowest BCUT2D eigenvalue weighted by Gasteiger charge is -2.42. The minimum atomic E-state index is -0.114. The highest BCUT2D eigenvalue weighted by Gasteiger charge is 2.38. The third-order valence-electron chi connectivity index (χ3n) is 5.70. The molecule has 1 atom stereocenters. The van der Waals surface area contributed by atoms with Crippen LogP contribution >= 0.6 is 0 Å². The summed E-state index contributed by atoms with van der Waals surface area (Å²) < 4.78 is 14.2. The Kier molecular flexibility index (Phi) is 4.32. The van der Waals surface area contributed by atoms with Gasteiger partial charge in [0.15, 0.2) is 0 Å². The van der Waals surface area contributed by atoms with E-state index in [0.29, 0.717) is 12.0 Å². The van der Waals surface area contributed by atoms with E-state index in [9.17, 15) is 4.39 Å². The number of aryl methyl sites for hydroxylation is 1. The first-order valence-electron chi connectivity index (χ1n) is 8.34. The van der Waals surface area contributed by atoms with Crippen molar-refractivity contribution in [2.75, 3.05) is 19.6 Å². The van der Waals surface area contributed by atoms with Crippen LogP contribution in [-0.2, 0) is 0 Å². The Morgan fingerprint density at radius 2 is 1.86 bits per heavy atom. The highest BCUT2D eigenvalue weighted by Crippen LogP contribution is 2.47. The van der Waals surface area contributed by atoms with Crippen LogP contribution in [0.4, 0.5) is 4.39 Å². The van der Waals surface area contributed by atoms with Gasteiger partial charge in [0.2, 0.25) is 0 Å². The van der Waals surface area contributed by atoms with E-state index in [0.717, 1.165) is 24.2 Å². The molecule has 0 radical (unpaired) electrons. The summed E-state index contributed by atoms with van der Waals surface area (Å²) in [6, 6.07) is 5.40. The second-order valence-corrected chi connectivity index (χ2v) is 7.02. The predicted molar refractivity (Wildman–Crippen MR) is 84.6 cm³/mol. The van der Waals surface area contributed by atoms with Gasteiger partial charge in [-0.1, -0.05) is 30.5 Å². The lowest BCUT2D eigenvalue weighted by atomic mass is 9.76. The van der Waals surface area contributed by atoms with Crippen molar-refractivity contribution >= 4 is 0 Å². The lowest BCUT2D eigenvalue weighted by Crippen LogP contribution is -2.43. The van der Waals surface area contributed by atoms with Crippen molar-refractivity contribution in [2.45, 2.75) is 51.5 Å². The molecule has 1 aromatic rings. The molecule has 1 saturated carbocycles. The topological polar surface area (TPSA) is 29.3 Å². The molecule has 1 unspecified atom stereocenters. The third kappa shape index (κ3) is 3.00. The van der Waals surface area contributed by atoms with Gasteiger partial charge >= 0.3 is 0 Å². The molecule has 1 saturated heterocycles. The zero-order valence-electron chi connectivity index (χ0n) is 13.1. The Morgan fingerprint density at radius 1 is 1.19 bits per heavy atom. The average Bonchev–Trinajstić information content (AvgIpc) is 2.94. The summed E-state index contributed by atoms with van der Waals surface area (Å²) in [5, 5.41) is 0. The van der Waals surface area contributed by atoms with Crippen LogP contribution in [0.5, 0.6) is 0 Å². The fourth-order valence-electron chi connectivity index (χ4n) is 4.33. The van der Waals surface area contributed by atoms with Crippen molar-refractivity contribution in [3.63, 3.8) is 0 Å². The number of likely N-dealkylation sites (tertiary alicyclic amines) is 1. The van der Waals surface area contributed by atoms with Gasteiger partial charge < -0.3 is 5.73 Å². The number of benzene rings is 1. The van der Waals surface area contributed by atoms with Crippen LogP contribution in [0.3, 0.4) is 0 Å². The fraction of sp³-hybridized carbons (Fsp3) is 0.667. The van der Waals surface area contributed by atoms with E-state index in [-0.39, 0.29) is 11.9 Å². The monoisotopic (exact) mass is 290 g/mol. The maximum atomic E-state index is 14.2. The molecule has 1 aliphatic carbocycles. The van der Waals surface area contributed by atoms with Crippen LogP contribution < -0.4 is 5.73 Å². The summed E-state index contributed by atoms with van der Waals surface area (Å²) in [6.45, 7) is 4.64. The van der Waals surface area contributed by atoms with Gasteiger partial charge in [-0.2, -0.15) is 0 Å². The molecule has 0 amide bonds. The second-order valence-electron chi connectivity index (χ2n) is 7.02. The lowest BCUT2D eigenvalue weighted by molar-refractivity contribution is 0.0768. The SMILES string of the molecule is Cc1ccc(F)c(C(CN)N2CCC3(CCCC3)CC2)c1. The van der Waals surface area contributed by atoms with Crippen LogP contribution in [0.15, 0.2) is 18.2 Å². The molecule has 21 heavy (non-hydrogen) atoms. The number of nitrogens with zero attached hydrogens (tertiary/aromatic N) is 1. The molecule has 3 rings (SSSR count). The van der Waals surface area contributed by atoms with Crippen molar-refractivity contribution < 1.29 is 4.39 Å². The smallest absolute Gasteiger partial charge is 0.128 e. The van der Waals surface area contributed by atoms with Gasteiger partial charge in [-0.3, -0.25) is 4.90 Å². The normalized spacial score (nSPS) is 23.6. The summed E-state index contributed by atoms with van der Waals surface area (Å²) >= 11 is 0. The Hall–Kier alpha value is -0.930. The molecule has 1 heterocycles. The minimum absolute atomic E-state index is 0.0312. The van der Waals surface area contributed by atoms with E-state index in [4.69, 9.17) is 5.73 Å². The summed E-state index contributed by atoms with van der Waals surface area (Å²) in [4.78, 5) is 2.40. The Balaban J connectivity index is 1.74. The number of hydrogen-bond acceptors (Lipinski definition) is 2. The first-order chi connectivity index (χ1) is 10.1. The molecule has 2 nitrogen and oxygen atoms in total. The van der Waals surface area contributed by atoms with Crippen LogP contribution in [0, 0.1) is 18.2 Å². The molecule has 2 N–H and O–H groups in total. The largest absolute Gasteiger partial charge is 0.329 e. The molecule has 1 spiro atoms. The molecule has 1 aliphatic heterocycles. The third-order valence-corrected chi connectivity index (χ3v) is 5.70. The summed E-state index contributed by atoms with van der Waals surface area (Å²) in [7, 11) is 0. The van der Waals surface area contributed by atoms with Gasteiger partial charge in [0, 0.05) is 18.2 Å². The Labute approximate surface area is 127 Å². The van der Waals surface area contributed by atoms with Crippen LogP contribution in [-0.4, -0.2) is 24.5 Å². The number of piperidine rings is 1. The molecule has 2 aliphatic rings. The van der Waals surface area contributed by atoms with E-state index in [1.807, 2.05) is 19.1 Å². The first-order valence-corrected chi connectivity index (χ1v) is 8.34. The van der Waals surface area contributed by atoms with Gasteiger partial charge in [0.1, 0.15) is 5.82 Å². The number of rotatable bonds is 3. The van der Waals surface area contributed by atoms with Crippen molar-refractivity contribution in [1.82, 2.24) is 4.90 Å². The number of halogens is 1. The van der Waals surface area contributed by atoms with Gasteiger partial charge in [0.25, 0.3) is 0 Å². The predicted octanol–water partition coefficient (Wildman–Crippen LogP) is 3.79. The summed E-state index contributed by atoms with van der Waals surface area (Å²) in [5.74, 6) is -0.114. The average molecular weight is 290 g/mol. The second kappa shape index (κ2) is 6.05. The van der Waals surface area contributed by atoms with Gasteiger partial charge in [-0.05, 0) is 57.2 Å². The van der Waals surface area contributed by atoms with Gasteiger partial charge in [0.05, 0.1) is 0 Å².